The number of nitrogens with one attached hydrogen (secondary N) is 2. The number of anilines is 1. The van der Waals surface area contributed by atoms with Gasteiger partial charge in [-0.05, 0) is 31.4 Å². The van der Waals surface area contributed by atoms with Gasteiger partial charge < -0.3 is 19.8 Å². The fourth-order valence-corrected chi connectivity index (χ4v) is 3.56. The van der Waals surface area contributed by atoms with Crippen LogP contribution in [0.15, 0.2) is 29.6 Å². The Balaban J connectivity index is 1.68. The number of imidazole rings is 2. The number of aryl methyl sites for hydroxylation is 2. The van der Waals surface area contributed by atoms with E-state index in [4.69, 9.17) is 0 Å². The van der Waals surface area contributed by atoms with Gasteiger partial charge in [0.15, 0.2) is 5.16 Å². The van der Waals surface area contributed by atoms with Crippen LogP contribution in [0.2, 0.25) is 0 Å². The molecular formula is C18H24N6OS. The smallest absolute Gasteiger partial charge is 0.319 e. The lowest BCUT2D eigenvalue weighted by Gasteiger charge is -2.09. The van der Waals surface area contributed by atoms with Gasteiger partial charge in [0.1, 0.15) is 5.82 Å². The first kappa shape index (κ1) is 18.3. The first-order valence-corrected chi connectivity index (χ1v) is 9.88. The number of fused-ring (bicyclic) bond motifs is 1. The largest absolute Gasteiger partial charge is 0.332 e. The Morgan fingerprint density at radius 1 is 1.31 bits per heavy atom. The standard InChI is InChI=1S/C18H24N6OS/c1-5-16-22-14-9-12(7-8-15(14)24(16)6-2)21-17(25)19-10-13-11-20-18(26-4)23(13)3/h7-9,11H,5-6,10H2,1-4H3,(H2,19,21,25). The summed E-state index contributed by atoms with van der Waals surface area (Å²) < 4.78 is 4.17. The van der Waals surface area contributed by atoms with Crippen LogP contribution in [-0.2, 0) is 26.6 Å². The summed E-state index contributed by atoms with van der Waals surface area (Å²) >= 11 is 1.58. The van der Waals surface area contributed by atoms with Crippen molar-refractivity contribution in [3.05, 3.63) is 35.9 Å². The summed E-state index contributed by atoms with van der Waals surface area (Å²) in [6.07, 6.45) is 4.64. The van der Waals surface area contributed by atoms with Crippen molar-refractivity contribution < 1.29 is 4.79 Å². The van der Waals surface area contributed by atoms with Gasteiger partial charge in [-0.15, -0.1) is 0 Å². The average Bonchev–Trinajstić information content (AvgIpc) is 3.18. The number of aromatic nitrogens is 4. The van der Waals surface area contributed by atoms with Gasteiger partial charge in [0.2, 0.25) is 0 Å². The highest BCUT2D eigenvalue weighted by Gasteiger charge is 2.11. The zero-order valence-corrected chi connectivity index (χ0v) is 16.4. The highest BCUT2D eigenvalue weighted by molar-refractivity contribution is 7.98. The molecule has 0 unspecified atom stereocenters. The molecule has 8 heteroatoms. The topological polar surface area (TPSA) is 76.8 Å². The number of rotatable bonds is 6. The Morgan fingerprint density at radius 2 is 2.12 bits per heavy atom. The molecule has 0 aliphatic heterocycles. The second kappa shape index (κ2) is 7.82. The third kappa shape index (κ3) is 3.55. The molecule has 138 valence electrons. The van der Waals surface area contributed by atoms with Crippen LogP contribution in [0.3, 0.4) is 0 Å². The van der Waals surface area contributed by atoms with Gasteiger partial charge >= 0.3 is 6.03 Å². The van der Waals surface area contributed by atoms with Crippen LogP contribution in [0.5, 0.6) is 0 Å². The van der Waals surface area contributed by atoms with Crippen molar-refractivity contribution in [2.45, 2.75) is 38.5 Å². The van der Waals surface area contributed by atoms with Crippen molar-refractivity contribution in [3.8, 4) is 0 Å². The number of carbonyl (C=O) groups excluding carboxylic acids is 1. The summed E-state index contributed by atoms with van der Waals surface area (Å²) in [6, 6.07) is 5.58. The maximum absolute atomic E-state index is 12.2. The van der Waals surface area contributed by atoms with Gasteiger partial charge in [0.05, 0.1) is 29.5 Å². The van der Waals surface area contributed by atoms with Gasteiger partial charge in [0.25, 0.3) is 0 Å². The van der Waals surface area contributed by atoms with Crippen molar-refractivity contribution in [1.82, 2.24) is 24.4 Å². The van der Waals surface area contributed by atoms with Crippen molar-refractivity contribution in [2.24, 2.45) is 7.05 Å². The normalized spacial score (nSPS) is 11.1. The maximum atomic E-state index is 12.2. The molecule has 2 amide bonds. The molecule has 3 rings (SSSR count). The summed E-state index contributed by atoms with van der Waals surface area (Å²) in [6.45, 7) is 5.51. The van der Waals surface area contributed by atoms with Crippen LogP contribution in [0.4, 0.5) is 10.5 Å². The molecular weight excluding hydrogens is 348 g/mol. The van der Waals surface area contributed by atoms with Crippen LogP contribution in [-0.4, -0.2) is 31.4 Å². The third-order valence-corrected chi connectivity index (χ3v) is 5.12. The molecule has 0 fully saturated rings. The molecule has 1 aromatic carbocycles. The molecule has 2 heterocycles. The van der Waals surface area contributed by atoms with Crippen molar-refractivity contribution in [1.29, 1.82) is 0 Å². The van der Waals surface area contributed by atoms with Crippen LogP contribution in [0.1, 0.15) is 25.4 Å². The molecule has 3 aromatic rings. The van der Waals surface area contributed by atoms with Crippen molar-refractivity contribution >= 4 is 34.5 Å². The first-order chi connectivity index (χ1) is 12.6. The predicted molar refractivity (Wildman–Crippen MR) is 106 cm³/mol. The van der Waals surface area contributed by atoms with Gasteiger partial charge in [0, 0.05) is 25.7 Å². The Labute approximate surface area is 157 Å². The Morgan fingerprint density at radius 3 is 2.77 bits per heavy atom. The highest BCUT2D eigenvalue weighted by atomic mass is 32.2. The molecule has 0 bridgehead atoms. The number of benzene rings is 1. The number of nitrogens with zero attached hydrogens (tertiary/aromatic N) is 4. The van der Waals surface area contributed by atoms with E-state index in [2.05, 4.69) is 39.0 Å². The summed E-state index contributed by atoms with van der Waals surface area (Å²) in [5, 5.41) is 6.66. The van der Waals surface area contributed by atoms with E-state index in [0.29, 0.717) is 6.54 Å². The quantitative estimate of drug-likeness (QED) is 0.650. The first-order valence-electron chi connectivity index (χ1n) is 8.65. The molecule has 0 aliphatic carbocycles. The monoisotopic (exact) mass is 372 g/mol. The number of carbonyl (C=O) groups is 1. The average molecular weight is 372 g/mol. The Kier molecular flexibility index (Phi) is 5.51. The minimum Gasteiger partial charge on any atom is -0.332 e. The summed E-state index contributed by atoms with van der Waals surface area (Å²) in [7, 11) is 1.94. The van der Waals surface area contributed by atoms with E-state index >= 15 is 0 Å². The van der Waals surface area contributed by atoms with Gasteiger partial charge in [-0.25, -0.2) is 14.8 Å². The zero-order chi connectivity index (χ0) is 18.7. The van der Waals surface area contributed by atoms with E-state index in [1.165, 1.54) is 0 Å². The Bertz CT molecular complexity index is 929. The molecule has 2 aromatic heterocycles. The summed E-state index contributed by atoms with van der Waals surface area (Å²) in [5.41, 5.74) is 3.68. The molecule has 0 spiro atoms. The fraction of sp³-hybridized carbons (Fsp3) is 0.389. The maximum Gasteiger partial charge on any atom is 0.319 e. The molecule has 0 radical (unpaired) electrons. The SMILES string of the molecule is CCc1nc2cc(NC(=O)NCc3cnc(SC)n3C)ccc2n1CC. The molecule has 7 nitrogen and oxygen atoms in total. The molecule has 0 saturated heterocycles. The highest BCUT2D eigenvalue weighted by Crippen LogP contribution is 2.21. The fourth-order valence-electron chi connectivity index (χ4n) is 3.01. The van der Waals surface area contributed by atoms with Gasteiger partial charge in [-0.1, -0.05) is 18.7 Å². The summed E-state index contributed by atoms with van der Waals surface area (Å²) in [5.74, 6) is 1.06. The lowest BCUT2D eigenvalue weighted by atomic mass is 10.2. The summed E-state index contributed by atoms with van der Waals surface area (Å²) in [4.78, 5) is 21.2. The van der Waals surface area contributed by atoms with Crippen LogP contribution < -0.4 is 10.6 Å². The molecule has 0 atom stereocenters. The zero-order valence-electron chi connectivity index (χ0n) is 15.5. The van der Waals surface area contributed by atoms with E-state index in [0.717, 1.165) is 46.4 Å². The number of amides is 2. The lowest BCUT2D eigenvalue weighted by Crippen LogP contribution is -2.28. The van der Waals surface area contributed by atoms with E-state index in [1.807, 2.05) is 36.1 Å². The van der Waals surface area contributed by atoms with Gasteiger partial charge in [-0.2, -0.15) is 0 Å². The Hall–Kier alpha value is -2.48. The number of thioether (sulfide) groups is 1. The van der Waals surface area contributed by atoms with Crippen molar-refractivity contribution in [3.63, 3.8) is 0 Å². The second-order valence-electron chi connectivity index (χ2n) is 5.93. The number of hydrogen-bond acceptors (Lipinski definition) is 4. The number of hydrogen-bond donors (Lipinski definition) is 2. The van der Waals surface area contributed by atoms with Gasteiger partial charge in [-0.3, -0.25) is 0 Å². The van der Waals surface area contributed by atoms with E-state index in [-0.39, 0.29) is 6.03 Å². The predicted octanol–water partition coefficient (Wildman–Crippen LogP) is 3.40. The minimum atomic E-state index is -0.248. The third-order valence-electron chi connectivity index (χ3n) is 4.37. The molecule has 0 aliphatic rings. The molecule has 26 heavy (non-hydrogen) atoms. The van der Waals surface area contributed by atoms with Crippen LogP contribution in [0, 0.1) is 0 Å². The lowest BCUT2D eigenvalue weighted by molar-refractivity contribution is 0.251. The van der Waals surface area contributed by atoms with E-state index in [1.54, 1.807) is 18.0 Å². The van der Waals surface area contributed by atoms with E-state index in [9.17, 15) is 4.79 Å². The number of urea groups is 1. The van der Waals surface area contributed by atoms with Crippen molar-refractivity contribution in [2.75, 3.05) is 11.6 Å². The second-order valence-corrected chi connectivity index (χ2v) is 6.71. The minimum absolute atomic E-state index is 0.248. The van der Waals surface area contributed by atoms with E-state index < -0.39 is 0 Å². The van der Waals surface area contributed by atoms with Crippen LogP contribution in [0.25, 0.3) is 11.0 Å². The molecule has 2 N–H and O–H groups in total. The van der Waals surface area contributed by atoms with Crippen LogP contribution >= 0.6 is 11.8 Å². The molecule has 0 saturated carbocycles.